The lowest BCUT2D eigenvalue weighted by Crippen LogP contribution is -2.12. The highest BCUT2D eigenvalue weighted by Gasteiger charge is 2.07. The second-order valence-corrected chi connectivity index (χ2v) is 4.54. The molecule has 2 rings (SSSR count). The van der Waals surface area contributed by atoms with Crippen molar-refractivity contribution in [1.29, 1.82) is 0 Å². The van der Waals surface area contributed by atoms with E-state index in [1.807, 2.05) is 24.3 Å². The summed E-state index contributed by atoms with van der Waals surface area (Å²) in [5.74, 6) is 0.330. The van der Waals surface area contributed by atoms with Gasteiger partial charge in [0.1, 0.15) is 24.7 Å². The summed E-state index contributed by atoms with van der Waals surface area (Å²) in [5, 5.41) is 9.30. The lowest BCUT2D eigenvalue weighted by Gasteiger charge is -2.08. The summed E-state index contributed by atoms with van der Waals surface area (Å²) in [7, 11) is 0. The molecule has 110 valence electrons. The van der Waals surface area contributed by atoms with E-state index in [0.29, 0.717) is 5.56 Å². The van der Waals surface area contributed by atoms with Crippen LogP contribution in [-0.2, 0) is 11.2 Å². The highest BCUT2D eigenvalue weighted by atomic mass is 16.6. The van der Waals surface area contributed by atoms with Crippen LogP contribution in [0.5, 0.6) is 11.5 Å². The minimum Gasteiger partial charge on any atom is -0.508 e. The molecular formula is C17H18O4. The molecule has 0 aliphatic carbocycles. The normalized spacial score (nSPS) is 10.1. The van der Waals surface area contributed by atoms with Gasteiger partial charge < -0.3 is 14.6 Å². The fourth-order valence-electron chi connectivity index (χ4n) is 1.87. The monoisotopic (exact) mass is 286 g/mol. The summed E-state index contributed by atoms with van der Waals surface area (Å²) in [5.41, 5.74) is 1.52. The van der Waals surface area contributed by atoms with Gasteiger partial charge in [-0.15, -0.1) is 0 Å². The minimum absolute atomic E-state index is 0.0390. The topological polar surface area (TPSA) is 55.8 Å². The Balaban J connectivity index is 1.78. The molecule has 0 bridgehead atoms. The third-order valence-electron chi connectivity index (χ3n) is 2.97. The number of ether oxygens (including phenoxy) is 2. The SMILES string of the molecule is CCc1cccc(OCCOC(=O)c2cccc(O)c2)c1. The van der Waals surface area contributed by atoms with E-state index in [-0.39, 0.29) is 19.0 Å². The Bertz CT molecular complexity index is 607. The summed E-state index contributed by atoms with van der Waals surface area (Å²) >= 11 is 0. The van der Waals surface area contributed by atoms with Gasteiger partial charge in [0.2, 0.25) is 0 Å². The first kappa shape index (κ1) is 14.9. The second-order valence-electron chi connectivity index (χ2n) is 4.54. The molecule has 2 aromatic rings. The number of esters is 1. The Labute approximate surface area is 123 Å². The molecule has 2 aromatic carbocycles. The zero-order chi connectivity index (χ0) is 15.1. The number of carbonyl (C=O) groups is 1. The Hall–Kier alpha value is -2.49. The summed E-state index contributed by atoms with van der Waals surface area (Å²) in [6.45, 7) is 2.53. The van der Waals surface area contributed by atoms with Crippen molar-refractivity contribution in [3.63, 3.8) is 0 Å². The molecule has 0 heterocycles. The van der Waals surface area contributed by atoms with Crippen molar-refractivity contribution in [3.8, 4) is 11.5 Å². The first-order valence-corrected chi connectivity index (χ1v) is 6.87. The Morgan fingerprint density at radius 3 is 2.67 bits per heavy atom. The van der Waals surface area contributed by atoms with Crippen molar-refractivity contribution < 1.29 is 19.4 Å². The van der Waals surface area contributed by atoms with E-state index in [1.54, 1.807) is 12.1 Å². The van der Waals surface area contributed by atoms with Crippen LogP contribution in [0.3, 0.4) is 0 Å². The number of benzene rings is 2. The molecule has 1 N–H and O–H groups in total. The molecule has 0 atom stereocenters. The van der Waals surface area contributed by atoms with Crippen LogP contribution >= 0.6 is 0 Å². The van der Waals surface area contributed by atoms with Crippen LogP contribution in [0, 0.1) is 0 Å². The van der Waals surface area contributed by atoms with Crippen LogP contribution in [0.4, 0.5) is 0 Å². The molecule has 0 unspecified atom stereocenters. The molecular weight excluding hydrogens is 268 g/mol. The number of hydrogen-bond acceptors (Lipinski definition) is 4. The summed E-state index contributed by atoms with van der Waals surface area (Å²) in [6.07, 6.45) is 0.948. The van der Waals surface area contributed by atoms with Crippen LogP contribution in [0.15, 0.2) is 48.5 Å². The van der Waals surface area contributed by atoms with Crippen molar-refractivity contribution in [2.24, 2.45) is 0 Å². The zero-order valence-electron chi connectivity index (χ0n) is 11.9. The van der Waals surface area contributed by atoms with E-state index >= 15 is 0 Å². The van der Waals surface area contributed by atoms with E-state index in [9.17, 15) is 9.90 Å². The maximum absolute atomic E-state index is 11.7. The lowest BCUT2D eigenvalue weighted by molar-refractivity contribution is 0.0450. The molecule has 0 aliphatic heterocycles. The highest BCUT2D eigenvalue weighted by molar-refractivity contribution is 5.89. The summed E-state index contributed by atoms with van der Waals surface area (Å²) in [4.78, 5) is 11.7. The van der Waals surface area contributed by atoms with Crippen molar-refractivity contribution in [2.45, 2.75) is 13.3 Å². The fraction of sp³-hybridized carbons (Fsp3) is 0.235. The van der Waals surface area contributed by atoms with Gasteiger partial charge in [-0.2, -0.15) is 0 Å². The van der Waals surface area contributed by atoms with Crippen molar-refractivity contribution in [1.82, 2.24) is 0 Å². The first-order valence-electron chi connectivity index (χ1n) is 6.87. The van der Waals surface area contributed by atoms with Gasteiger partial charge in [0, 0.05) is 0 Å². The van der Waals surface area contributed by atoms with Crippen molar-refractivity contribution in [3.05, 3.63) is 59.7 Å². The van der Waals surface area contributed by atoms with E-state index in [4.69, 9.17) is 9.47 Å². The quantitative estimate of drug-likeness (QED) is 0.654. The third kappa shape index (κ3) is 4.53. The van der Waals surface area contributed by atoms with E-state index in [1.165, 1.54) is 17.7 Å². The number of aromatic hydroxyl groups is 1. The smallest absolute Gasteiger partial charge is 0.338 e. The molecule has 0 aromatic heterocycles. The number of hydrogen-bond donors (Lipinski definition) is 1. The molecule has 0 radical (unpaired) electrons. The maximum Gasteiger partial charge on any atom is 0.338 e. The van der Waals surface area contributed by atoms with Crippen LogP contribution in [0.25, 0.3) is 0 Å². The van der Waals surface area contributed by atoms with E-state index < -0.39 is 5.97 Å². The van der Waals surface area contributed by atoms with Gasteiger partial charge in [0.25, 0.3) is 0 Å². The number of carbonyl (C=O) groups excluding carboxylic acids is 1. The van der Waals surface area contributed by atoms with Crippen molar-refractivity contribution in [2.75, 3.05) is 13.2 Å². The molecule has 0 amide bonds. The molecule has 0 fully saturated rings. The Kier molecular flexibility index (Phi) is 5.21. The Morgan fingerprint density at radius 1 is 1.10 bits per heavy atom. The molecule has 0 spiro atoms. The lowest BCUT2D eigenvalue weighted by atomic mass is 10.2. The van der Waals surface area contributed by atoms with E-state index in [0.717, 1.165) is 12.2 Å². The van der Waals surface area contributed by atoms with Crippen molar-refractivity contribution >= 4 is 5.97 Å². The standard InChI is InChI=1S/C17H18O4/c1-2-13-5-3-8-16(11-13)20-9-10-21-17(19)14-6-4-7-15(18)12-14/h3-8,11-12,18H,2,9-10H2,1H3. The average molecular weight is 286 g/mol. The molecule has 0 saturated heterocycles. The molecule has 4 nitrogen and oxygen atoms in total. The maximum atomic E-state index is 11.7. The van der Waals surface area contributed by atoms with Crippen LogP contribution < -0.4 is 4.74 Å². The molecule has 0 saturated carbocycles. The van der Waals surface area contributed by atoms with Gasteiger partial charge in [0.05, 0.1) is 5.56 Å². The van der Waals surface area contributed by atoms with Gasteiger partial charge >= 0.3 is 5.97 Å². The van der Waals surface area contributed by atoms with Crippen LogP contribution in [0.2, 0.25) is 0 Å². The predicted molar refractivity (Wildman–Crippen MR) is 79.7 cm³/mol. The number of phenolic OH excluding ortho intramolecular Hbond substituents is 1. The van der Waals surface area contributed by atoms with Gasteiger partial charge in [-0.3, -0.25) is 0 Å². The predicted octanol–water partition coefficient (Wildman–Crippen LogP) is 3.19. The highest BCUT2D eigenvalue weighted by Crippen LogP contribution is 2.14. The average Bonchev–Trinajstić information content (AvgIpc) is 2.51. The Morgan fingerprint density at radius 2 is 1.90 bits per heavy atom. The number of rotatable bonds is 6. The third-order valence-corrected chi connectivity index (χ3v) is 2.97. The molecule has 4 heteroatoms. The molecule has 0 aliphatic rings. The van der Waals surface area contributed by atoms with Gasteiger partial charge in [-0.1, -0.05) is 25.1 Å². The first-order chi connectivity index (χ1) is 10.2. The minimum atomic E-state index is -0.475. The van der Waals surface area contributed by atoms with Gasteiger partial charge in [-0.25, -0.2) is 4.79 Å². The number of aryl methyl sites for hydroxylation is 1. The zero-order valence-corrected chi connectivity index (χ0v) is 11.9. The summed E-state index contributed by atoms with van der Waals surface area (Å²) < 4.78 is 10.6. The fourth-order valence-corrected chi connectivity index (χ4v) is 1.87. The largest absolute Gasteiger partial charge is 0.508 e. The molecule has 21 heavy (non-hydrogen) atoms. The van der Waals surface area contributed by atoms with Crippen LogP contribution in [0.1, 0.15) is 22.8 Å². The van der Waals surface area contributed by atoms with Crippen LogP contribution in [-0.4, -0.2) is 24.3 Å². The summed E-state index contributed by atoms with van der Waals surface area (Å²) in [6, 6.07) is 13.9. The second kappa shape index (κ2) is 7.33. The number of phenols is 1. The van der Waals surface area contributed by atoms with Gasteiger partial charge in [0.15, 0.2) is 0 Å². The van der Waals surface area contributed by atoms with Gasteiger partial charge in [-0.05, 0) is 42.3 Å². The van der Waals surface area contributed by atoms with E-state index in [2.05, 4.69) is 6.92 Å².